The van der Waals surface area contributed by atoms with Gasteiger partial charge in [-0.2, -0.15) is 0 Å². The molecule has 9 rings (SSSR count). The van der Waals surface area contributed by atoms with Gasteiger partial charge in [0.2, 0.25) is 0 Å². The lowest BCUT2D eigenvalue weighted by Crippen LogP contribution is -2.76. The Morgan fingerprint density at radius 3 is 2.71 bits per heavy atom. The Bertz CT molecular complexity index is 860. The number of fused-ring (bicyclic) bond motifs is 1. The van der Waals surface area contributed by atoms with Gasteiger partial charge in [0, 0.05) is 48.2 Å². The Morgan fingerprint density at radius 1 is 1.25 bits per heavy atom. The second kappa shape index (κ2) is 4.25. The summed E-state index contributed by atoms with van der Waals surface area (Å²) in [6.45, 7) is 8.85. The first-order valence-corrected chi connectivity index (χ1v) is 10.8. The number of aliphatic hydroxyl groups excluding tert-OH is 2. The van der Waals surface area contributed by atoms with Crippen molar-refractivity contribution in [2.75, 3.05) is 6.54 Å². The highest BCUT2D eigenvalue weighted by atomic mass is 16.5. The molecule has 3 aliphatic heterocycles. The molecule has 6 aliphatic carbocycles. The molecule has 9 aliphatic rings. The van der Waals surface area contributed by atoms with Crippen molar-refractivity contribution in [1.82, 2.24) is 4.90 Å². The van der Waals surface area contributed by atoms with E-state index in [1.54, 1.807) is 0 Å². The number of rotatable bonds is 1. The molecule has 6 nitrogen and oxygen atoms in total. The molecular weight excluding hydrogens is 358 g/mol. The Morgan fingerprint density at radius 2 is 2.00 bits per heavy atom. The van der Waals surface area contributed by atoms with E-state index in [1.807, 2.05) is 0 Å². The van der Waals surface area contributed by atoms with E-state index in [0.717, 1.165) is 25.0 Å². The Labute approximate surface area is 164 Å². The third-order valence-corrected chi connectivity index (χ3v) is 10.6. The molecule has 13 atom stereocenters. The summed E-state index contributed by atoms with van der Waals surface area (Å²) in [5, 5.41) is 35.1. The number of aliphatic hydroxyl groups is 3. The molecule has 3 heterocycles. The van der Waals surface area contributed by atoms with Crippen molar-refractivity contribution in [3.05, 3.63) is 12.2 Å². The van der Waals surface area contributed by atoms with Crippen LogP contribution in [0.5, 0.6) is 0 Å². The zero-order valence-electron chi connectivity index (χ0n) is 16.5. The minimum absolute atomic E-state index is 0.0237. The highest BCUT2D eigenvalue weighted by molar-refractivity contribution is 5.66. The van der Waals surface area contributed by atoms with Crippen molar-refractivity contribution in [2.24, 2.45) is 34.0 Å². The second-order valence-electron chi connectivity index (χ2n) is 11.5. The van der Waals surface area contributed by atoms with Crippen molar-refractivity contribution in [2.45, 2.75) is 75.5 Å². The molecule has 3 saturated heterocycles. The summed E-state index contributed by atoms with van der Waals surface area (Å²) < 4.78 is 5.75. The molecule has 0 amide bonds. The van der Waals surface area contributed by atoms with Crippen LogP contribution in [0.15, 0.2) is 12.2 Å². The Hall–Kier alpha value is -0.950. The zero-order valence-corrected chi connectivity index (χ0v) is 16.5. The van der Waals surface area contributed by atoms with E-state index in [2.05, 4.69) is 18.4 Å². The number of hydrogen-bond acceptors (Lipinski definition) is 6. The molecule has 0 aromatic carbocycles. The number of hydrogen-bond donors (Lipinski definition) is 3. The molecule has 9 fully saturated rings. The first-order chi connectivity index (χ1) is 13.1. The summed E-state index contributed by atoms with van der Waals surface area (Å²) in [7, 11) is 0. The molecule has 0 radical (unpaired) electrons. The lowest BCUT2D eigenvalue weighted by atomic mass is 9.39. The highest BCUT2D eigenvalue weighted by Gasteiger charge is 2.94. The Balaban J connectivity index is 1.49. The summed E-state index contributed by atoms with van der Waals surface area (Å²) in [5.41, 5.74) is -1.07. The molecule has 9 bridgehead atoms. The maximum Gasteiger partial charge on any atom is 0.302 e. The normalized spacial score (nSPS) is 69.3. The van der Waals surface area contributed by atoms with E-state index in [-0.39, 0.29) is 34.9 Å². The van der Waals surface area contributed by atoms with E-state index >= 15 is 0 Å². The predicted octanol–water partition coefficient (Wildman–Crippen LogP) is 0.450. The van der Waals surface area contributed by atoms with Gasteiger partial charge in [0.25, 0.3) is 0 Å². The second-order valence-corrected chi connectivity index (χ2v) is 11.5. The predicted molar refractivity (Wildman–Crippen MR) is 97.9 cm³/mol. The van der Waals surface area contributed by atoms with Crippen molar-refractivity contribution < 1.29 is 24.9 Å². The fraction of sp³-hybridized carbons (Fsp3) is 0.864. The number of nitrogens with zero attached hydrogens (tertiary/aromatic N) is 1. The van der Waals surface area contributed by atoms with Crippen LogP contribution in [0, 0.1) is 34.0 Å². The maximum absolute atomic E-state index is 12.2. The van der Waals surface area contributed by atoms with Crippen LogP contribution in [0.1, 0.15) is 39.5 Å². The summed E-state index contributed by atoms with van der Waals surface area (Å²) in [6.07, 6.45) is 1.27. The Kier molecular flexibility index (Phi) is 2.55. The SMILES string of the molecule is C=C1CC23CC4C5C6(C)CC(OC(C)=O)CC57C2C(O)C1C(O)C3(O)C7N4C6. The lowest BCUT2D eigenvalue weighted by molar-refractivity contribution is -0.280. The molecule has 28 heavy (non-hydrogen) atoms. The van der Waals surface area contributed by atoms with Gasteiger partial charge in [-0.3, -0.25) is 9.69 Å². The van der Waals surface area contributed by atoms with Gasteiger partial charge in [-0.1, -0.05) is 19.1 Å². The van der Waals surface area contributed by atoms with Crippen LogP contribution in [-0.4, -0.2) is 68.7 Å². The monoisotopic (exact) mass is 387 g/mol. The number of carbonyl (C=O) groups excluding carboxylic acids is 1. The molecule has 6 saturated carbocycles. The van der Waals surface area contributed by atoms with Crippen LogP contribution in [0.4, 0.5) is 0 Å². The van der Waals surface area contributed by atoms with Crippen LogP contribution in [-0.2, 0) is 9.53 Å². The van der Waals surface area contributed by atoms with Crippen LogP contribution in [0.3, 0.4) is 0 Å². The van der Waals surface area contributed by atoms with Gasteiger partial charge in [0.05, 0.1) is 12.2 Å². The van der Waals surface area contributed by atoms with E-state index in [9.17, 15) is 20.1 Å². The first-order valence-electron chi connectivity index (χ1n) is 10.8. The quantitative estimate of drug-likeness (QED) is 0.447. The van der Waals surface area contributed by atoms with Crippen molar-refractivity contribution in [1.29, 1.82) is 0 Å². The third kappa shape index (κ3) is 1.26. The van der Waals surface area contributed by atoms with Gasteiger partial charge in [0.15, 0.2) is 0 Å². The van der Waals surface area contributed by atoms with Crippen LogP contribution >= 0.6 is 0 Å². The molecule has 6 heteroatoms. The van der Waals surface area contributed by atoms with E-state index < -0.39 is 29.1 Å². The summed E-state index contributed by atoms with van der Waals surface area (Å²) in [5.74, 6) is -0.379. The fourth-order valence-electron chi connectivity index (χ4n) is 11.0. The van der Waals surface area contributed by atoms with Crippen LogP contribution in [0.2, 0.25) is 0 Å². The van der Waals surface area contributed by atoms with Gasteiger partial charge in [-0.25, -0.2) is 0 Å². The van der Waals surface area contributed by atoms with Crippen LogP contribution in [0.25, 0.3) is 0 Å². The van der Waals surface area contributed by atoms with Crippen molar-refractivity contribution >= 4 is 5.97 Å². The smallest absolute Gasteiger partial charge is 0.302 e. The molecule has 13 unspecified atom stereocenters. The molecule has 3 N–H and O–H groups in total. The number of piperidine rings is 2. The van der Waals surface area contributed by atoms with Crippen LogP contribution < -0.4 is 0 Å². The van der Waals surface area contributed by atoms with Crippen molar-refractivity contribution in [3.8, 4) is 0 Å². The van der Waals surface area contributed by atoms with E-state index in [0.29, 0.717) is 24.8 Å². The van der Waals surface area contributed by atoms with Crippen molar-refractivity contribution in [3.63, 3.8) is 0 Å². The third-order valence-electron chi connectivity index (χ3n) is 10.6. The minimum Gasteiger partial charge on any atom is -0.463 e. The van der Waals surface area contributed by atoms with Gasteiger partial charge < -0.3 is 20.1 Å². The maximum atomic E-state index is 12.2. The van der Waals surface area contributed by atoms with Gasteiger partial charge in [-0.15, -0.1) is 0 Å². The summed E-state index contributed by atoms with van der Waals surface area (Å²) in [4.78, 5) is 14.3. The topological polar surface area (TPSA) is 90.2 Å². The highest BCUT2D eigenvalue weighted by Crippen LogP contribution is 2.88. The van der Waals surface area contributed by atoms with Gasteiger partial charge in [0.1, 0.15) is 11.7 Å². The molecule has 0 aromatic rings. The fourth-order valence-corrected chi connectivity index (χ4v) is 11.0. The average molecular weight is 387 g/mol. The molecule has 0 aromatic heterocycles. The number of carbonyl (C=O) groups is 1. The summed E-state index contributed by atoms with van der Waals surface area (Å²) >= 11 is 0. The number of ether oxygens (including phenoxy) is 1. The lowest BCUT2D eigenvalue weighted by Gasteiger charge is -2.67. The minimum atomic E-state index is -1.20. The molecule has 2 spiro atoms. The standard InChI is InChI=1S/C22H29NO5/c1-9-4-20-7-12-15-19(3)5-11(28-10(2)24)6-21(15)16(20)14(25)13(9)17(26)22(20,27)18(21)23(12)8-19/h11-18,25-27H,1,4-8H2,2-3H3. The van der Waals surface area contributed by atoms with Gasteiger partial charge in [-0.05, 0) is 37.0 Å². The average Bonchev–Trinajstić information content (AvgIpc) is 2.97. The molecular formula is C22H29NO5. The van der Waals surface area contributed by atoms with E-state index in [4.69, 9.17) is 4.74 Å². The summed E-state index contributed by atoms with van der Waals surface area (Å²) in [6, 6.07) is 0.245. The first kappa shape index (κ1) is 16.8. The number of esters is 1. The van der Waals surface area contributed by atoms with E-state index in [1.165, 1.54) is 6.92 Å². The van der Waals surface area contributed by atoms with Gasteiger partial charge >= 0.3 is 5.97 Å². The largest absolute Gasteiger partial charge is 0.463 e. The zero-order chi connectivity index (χ0) is 19.6. The molecule has 152 valence electrons.